The lowest BCUT2D eigenvalue weighted by molar-refractivity contribution is 0.483. The predicted molar refractivity (Wildman–Crippen MR) is 90.4 cm³/mol. The van der Waals surface area contributed by atoms with Crippen LogP contribution in [0.15, 0.2) is 59.6 Å². The normalized spacial score (nSPS) is 14.6. The van der Waals surface area contributed by atoms with Crippen molar-refractivity contribution < 1.29 is 4.74 Å². The summed E-state index contributed by atoms with van der Waals surface area (Å²) in [6, 6.07) is 17.4. The van der Waals surface area contributed by atoms with Crippen molar-refractivity contribution in [1.29, 1.82) is 0 Å². The number of nitrogens with zero attached hydrogens (tertiary/aromatic N) is 1. The number of hydrogen-bond acceptors (Lipinski definition) is 2. The number of aliphatic imine (C=N–C) groups is 1. The molecular weight excluding hydrogens is 274 g/mol. The highest BCUT2D eigenvalue weighted by molar-refractivity contribution is 5.92. The van der Waals surface area contributed by atoms with Crippen LogP contribution in [-0.4, -0.2) is 12.5 Å². The van der Waals surface area contributed by atoms with Crippen molar-refractivity contribution in [2.75, 3.05) is 11.9 Å². The van der Waals surface area contributed by atoms with Gasteiger partial charge in [-0.1, -0.05) is 37.1 Å². The van der Waals surface area contributed by atoms with E-state index in [1.165, 1.54) is 12.8 Å². The Morgan fingerprint density at radius 3 is 2.64 bits per heavy atom. The average Bonchev–Trinajstić information content (AvgIpc) is 3.33. The van der Waals surface area contributed by atoms with Crippen LogP contribution in [-0.2, 0) is 0 Å². The first-order valence-electron chi connectivity index (χ1n) is 7.69. The Morgan fingerprint density at radius 1 is 1.09 bits per heavy atom. The van der Waals surface area contributed by atoms with Gasteiger partial charge in [-0.15, -0.1) is 0 Å². The molecule has 22 heavy (non-hydrogen) atoms. The molecule has 0 heterocycles. The molecule has 4 nitrogen and oxygen atoms in total. The first-order valence-corrected chi connectivity index (χ1v) is 7.69. The number of ether oxygens (including phenoxy) is 1. The highest BCUT2D eigenvalue weighted by Crippen LogP contribution is 2.32. The van der Waals surface area contributed by atoms with Gasteiger partial charge < -0.3 is 15.8 Å². The van der Waals surface area contributed by atoms with E-state index in [-0.39, 0.29) is 0 Å². The zero-order chi connectivity index (χ0) is 15.2. The highest BCUT2D eigenvalue weighted by Gasteiger charge is 2.19. The van der Waals surface area contributed by atoms with E-state index in [1.54, 1.807) is 0 Å². The molecule has 3 rings (SSSR count). The second-order valence-electron chi connectivity index (χ2n) is 5.57. The number of guanidine groups is 1. The lowest BCUT2D eigenvalue weighted by Gasteiger charge is -2.09. The number of rotatable bonds is 6. The van der Waals surface area contributed by atoms with Gasteiger partial charge in [0.2, 0.25) is 0 Å². The molecule has 0 amide bonds. The van der Waals surface area contributed by atoms with Crippen molar-refractivity contribution in [2.24, 2.45) is 16.6 Å². The molecule has 0 bridgehead atoms. The maximum absolute atomic E-state index is 5.91. The predicted octanol–water partition coefficient (Wildman–Crippen LogP) is 4.01. The van der Waals surface area contributed by atoms with Crippen molar-refractivity contribution in [1.82, 2.24) is 0 Å². The first kappa shape index (κ1) is 14.4. The number of hydrogen-bond donors (Lipinski definition) is 2. The Labute approximate surface area is 131 Å². The maximum Gasteiger partial charge on any atom is 0.193 e. The minimum atomic E-state index is 0.456. The van der Waals surface area contributed by atoms with Crippen molar-refractivity contribution in [3.05, 3.63) is 54.6 Å². The van der Waals surface area contributed by atoms with E-state index >= 15 is 0 Å². The number of nitrogens with one attached hydrogen (secondary N) is 1. The molecule has 0 unspecified atom stereocenters. The van der Waals surface area contributed by atoms with Gasteiger partial charge in [0.1, 0.15) is 11.5 Å². The molecule has 1 aliphatic rings. The van der Waals surface area contributed by atoms with Crippen molar-refractivity contribution in [3.63, 3.8) is 0 Å². The number of nitrogens with two attached hydrogens (primary N) is 1. The van der Waals surface area contributed by atoms with Crippen LogP contribution in [0.1, 0.15) is 19.3 Å². The molecule has 1 fully saturated rings. The van der Waals surface area contributed by atoms with Crippen LogP contribution in [0.25, 0.3) is 0 Å². The minimum Gasteiger partial charge on any atom is -0.457 e. The van der Waals surface area contributed by atoms with E-state index in [1.807, 2.05) is 54.6 Å². The largest absolute Gasteiger partial charge is 0.457 e. The Kier molecular flexibility index (Phi) is 4.59. The summed E-state index contributed by atoms with van der Waals surface area (Å²) in [4.78, 5) is 4.36. The Balaban J connectivity index is 1.58. The SMILES string of the molecule is NC(=NCCC1CC1)Nc1cccc(Oc2ccccc2)c1. The lowest BCUT2D eigenvalue weighted by Crippen LogP contribution is -2.22. The first-order chi connectivity index (χ1) is 10.8. The lowest BCUT2D eigenvalue weighted by atomic mass is 10.3. The van der Waals surface area contributed by atoms with Crippen molar-refractivity contribution in [2.45, 2.75) is 19.3 Å². The second kappa shape index (κ2) is 6.98. The summed E-state index contributed by atoms with van der Waals surface area (Å²) in [5, 5.41) is 3.11. The zero-order valence-corrected chi connectivity index (χ0v) is 12.5. The van der Waals surface area contributed by atoms with Gasteiger partial charge in [-0.3, -0.25) is 4.99 Å². The summed E-state index contributed by atoms with van der Waals surface area (Å²) in [6.07, 6.45) is 3.84. The van der Waals surface area contributed by atoms with Crippen LogP contribution in [0.2, 0.25) is 0 Å². The Morgan fingerprint density at radius 2 is 1.86 bits per heavy atom. The average molecular weight is 295 g/mol. The summed E-state index contributed by atoms with van der Waals surface area (Å²) in [7, 11) is 0. The van der Waals surface area contributed by atoms with Crippen LogP contribution in [0.4, 0.5) is 5.69 Å². The molecule has 0 aromatic heterocycles. The van der Waals surface area contributed by atoms with Gasteiger partial charge in [-0.25, -0.2) is 0 Å². The molecule has 1 saturated carbocycles. The molecule has 2 aromatic carbocycles. The fraction of sp³-hybridized carbons (Fsp3) is 0.278. The topological polar surface area (TPSA) is 59.6 Å². The van der Waals surface area contributed by atoms with Crippen LogP contribution >= 0.6 is 0 Å². The number of benzene rings is 2. The quantitative estimate of drug-likeness (QED) is 0.625. The van der Waals surface area contributed by atoms with E-state index in [4.69, 9.17) is 10.5 Å². The van der Waals surface area contributed by atoms with Gasteiger partial charge >= 0.3 is 0 Å². The van der Waals surface area contributed by atoms with E-state index in [0.29, 0.717) is 5.96 Å². The van der Waals surface area contributed by atoms with Crippen molar-refractivity contribution >= 4 is 11.6 Å². The third-order valence-corrected chi connectivity index (χ3v) is 3.60. The van der Waals surface area contributed by atoms with Crippen LogP contribution in [0, 0.1) is 5.92 Å². The van der Waals surface area contributed by atoms with Gasteiger partial charge in [0.25, 0.3) is 0 Å². The van der Waals surface area contributed by atoms with Crippen molar-refractivity contribution in [3.8, 4) is 11.5 Å². The summed E-state index contributed by atoms with van der Waals surface area (Å²) in [6.45, 7) is 0.795. The standard InChI is InChI=1S/C18H21N3O/c19-18(20-12-11-14-9-10-14)21-15-5-4-8-17(13-15)22-16-6-2-1-3-7-16/h1-8,13-14H,9-12H2,(H3,19,20,21). The van der Waals surface area contributed by atoms with E-state index in [9.17, 15) is 0 Å². The maximum atomic E-state index is 5.91. The fourth-order valence-electron chi connectivity index (χ4n) is 2.22. The van der Waals surface area contributed by atoms with E-state index in [2.05, 4.69) is 10.3 Å². The third kappa shape index (κ3) is 4.52. The molecule has 3 N–H and O–H groups in total. The fourth-order valence-corrected chi connectivity index (χ4v) is 2.22. The van der Waals surface area contributed by atoms with Crippen LogP contribution in [0.5, 0.6) is 11.5 Å². The highest BCUT2D eigenvalue weighted by atomic mass is 16.5. The molecule has 0 radical (unpaired) electrons. The molecular formula is C18H21N3O. The van der Waals surface area contributed by atoms with E-state index < -0.39 is 0 Å². The smallest absolute Gasteiger partial charge is 0.193 e. The Bertz CT molecular complexity index is 636. The van der Waals surface area contributed by atoms with Gasteiger partial charge in [0.15, 0.2) is 5.96 Å². The van der Waals surface area contributed by atoms with E-state index in [0.717, 1.165) is 36.1 Å². The van der Waals surface area contributed by atoms with Gasteiger partial charge in [0, 0.05) is 18.3 Å². The van der Waals surface area contributed by atoms with Gasteiger partial charge in [-0.2, -0.15) is 0 Å². The molecule has 0 saturated heterocycles. The molecule has 0 atom stereocenters. The van der Waals surface area contributed by atoms with Gasteiger partial charge in [-0.05, 0) is 36.6 Å². The monoisotopic (exact) mass is 295 g/mol. The van der Waals surface area contributed by atoms with Crippen LogP contribution in [0.3, 0.4) is 0 Å². The molecule has 0 spiro atoms. The molecule has 1 aliphatic carbocycles. The summed E-state index contributed by atoms with van der Waals surface area (Å²) in [5.74, 6) is 2.91. The molecule has 114 valence electrons. The molecule has 4 heteroatoms. The summed E-state index contributed by atoms with van der Waals surface area (Å²) < 4.78 is 5.80. The zero-order valence-electron chi connectivity index (χ0n) is 12.5. The molecule has 2 aromatic rings. The summed E-state index contributed by atoms with van der Waals surface area (Å²) in [5.41, 5.74) is 6.79. The number of anilines is 1. The van der Waals surface area contributed by atoms with Gasteiger partial charge in [0.05, 0.1) is 0 Å². The summed E-state index contributed by atoms with van der Waals surface area (Å²) >= 11 is 0. The second-order valence-corrected chi connectivity index (χ2v) is 5.57. The third-order valence-electron chi connectivity index (χ3n) is 3.60. The Hall–Kier alpha value is -2.49. The van der Waals surface area contributed by atoms with Crippen LogP contribution < -0.4 is 15.8 Å². The molecule has 0 aliphatic heterocycles. The minimum absolute atomic E-state index is 0.456. The number of para-hydroxylation sites is 1.